The molecular weight excluding hydrogens is 346 g/mol. The molecule has 0 fully saturated rings. The van der Waals surface area contributed by atoms with Crippen molar-refractivity contribution in [3.63, 3.8) is 0 Å². The van der Waals surface area contributed by atoms with Gasteiger partial charge in [0, 0.05) is 23.6 Å². The van der Waals surface area contributed by atoms with Crippen molar-refractivity contribution in [1.82, 2.24) is 15.0 Å². The first-order chi connectivity index (χ1) is 12.5. The second-order valence-corrected chi connectivity index (χ2v) is 8.42. The maximum atomic E-state index is 12.4. The smallest absolute Gasteiger partial charge is 0.216 e. The largest absolute Gasteiger partial charge is 0.361 e. The molecule has 2 aromatic carbocycles. The monoisotopic (exact) mass is 371 g/mol. The predicted octanol–water partition coefficient (Wildman–Crippen LogP) is 2.86. The van der Waals surface area contributed by atoms with Gasteiger partial charge in [0.2, 0.25) is 10.0 Å². The quantitative estimate of drug-likeness (QED) is 0.570. The van der Waals surface area contributed by atoms with Crippen LogP contribution in [0.1, 0.15) is 22.3 Å². The van der Waals surface area contributed by atoms with Gasteiger partial charge in [-0.15, -0.1) is 0 Å². The highest BCUT2D eigenvalue weighted by molar-refractivity contribution is 7.88. The lowest BCUT2D eigenvalue weighted by molar-refractivity contribution is 0.580. The zero-order valence-corrected chi connectivity index (χ0v) is 16.0. The Balaban J connectivity index is 1.71. The number of aryl methyl sites for hydroxylation is 1. The SMILES string of the molecule is CNCCc1c[nH]c2ccc(CS(=O)(=O)NCc3ccc(C)cc3)cc12. The Labute approximate surface area is 154 Å². The molecule has 0 unspecified atom stereocenters. The number of likely N-dealkylation sites (N-methyl/N-ethyl adjacent to an activating group) is 1. The van der Waals surface area contributed by atoms with Gasteiger partial charge in [-0.2, -0.15) is 0 Å². The van der Waals surface area contributed by atoms with Gasteiger partial charge in [-0.05, 0) is 55.8 Å². The Morgan fingerprint density at radius 3 is 2.50 bits per heavy atom. The third kappa shape index (κ3) is 4.72. The molecule has 5 nitrogen and oxygen atoms in total. The van der Waals surface area contributed by atoms with Crippen molar-refractivity contribution in [1.29, 1.82) is 0 Å². The Kier molecular flexibility index (Phi) is 5.76. The molecule has 0 aliphatic heterocycles. The molecule has 1 heterocycles. The number of sulfonamides is 1. The van der Waals surface area contributed by atoms with Crippen molar-refractivity contribution in [3.05, 3.63) is 70.9 Å². The van der Waals surface area contributed by atoms with E-state index in [2.05, 4.69) is 15.0 Å². The molecule has 0 amide bonds. The first-order valence-corrected chi connectivity index (χ1v) is 10.4. The second-order valence-electron chi connectivity index (χ2n) is 6.61. The first kappa shape index (κ1) is 18.6. The summed E-state index contributed by atoms with van der Waals surface area (Å²) in [6.45, 7) is 3.20. The van der Waals surface area contributed by atoms with Crippen LogP contribution in [0.3, 0.4) is 0 Å². The number of nitrogens with one attached hydrogen (secondary N) is 3. The average Bonchev–Trinajstić information content (AvgIpc) is 3.01. The fourth-order valence-corrected chi connectivity index (χ4v) is 4.06. The Morgan fingerprint density at radius 1 is 1.04 bits per heavy atom. The van der Waals surface area contributed by atoms with Crippen molar-refractivity contribution in [2.45, 2.75) is 25.6 Å². The van der Waals surface area contributed by atoms with Gasteiger partial charge in [0.25, 0.3) is 0 Å². The number of aromatic amines is 1. The lowest BCUT2D eigenvalue weighted by atomic mass is 10.1. The minimum Gasteiger partial charge on any atom is -0.361 e. The van der Waals surface area contributed by atoms with Crippen molar-refractivity contribution in [3.8, 4) is 0 Å². The Bertz CT molecular complexity index is 976. The number of H-pyrrole nitrogens is 1. The van der Waals surface area contributed by atoms with E-state index in [1.165, 1.54) is 5.56 Å². The highest BCUT2D eigenvalue weighted by Gasteiger charge is 2.13. The van der Waals surface area contributed by atoms with Crippen molar-refractivity contribution in [2.24, 2.45) is 0 Å². The van der Waals surface area contributed by atoms with Crippen LogP contribution in [0.5, 0.6) is 0 Å². The van der Waals surface area contributed by atoms with Crippen molar-refractivity contribution < 1.29 is 8.42 Å². The summed E-state index contributed by atoms with van der Waals surface area (Å²) in [5.74, 6) is -0.0224. The molecule has 0 radical (unpaired) electrons. The summed E-state index contributed by atoms with van der Waals surface area (Å²) < 4.78 is 27.6. The van der Waals surface area contributed by atoms with Crippen molar-refractivity contribution in [2.75, 3.05) is 13.6 Å². The standard InChI is InChI=1S/C20H25N3O2S/c1-15-3-5-16(6-4-15)12-23-26(24,25)14-17-7-8-20-19(11-17)18(13-22-20)9-10-21-2/h3-8,11,13,21-23H,9-10,12,14H2,1-2H3. The van der Waals surface area contributed by atoms with E-state index in [0.29, 0.717) is 6.54 Å². The summed E-state index contributed by atoms with van der Waals surface area (Å²) in [7, 11) is -1.47. The molecule has 0 atom stereocenters. The summed E-state index contributed by atoms with van der Waals surface area (Å²) in [6, 6.07) is 13.6. The van der Waals surface area contributed by atoms with Crippen LogP contribution in [0.4, 0.5) is 0 Å². The predicted molar refractivity (Wildman–Crippen MR) is 107 cm³/mol. The minimum absolute atomic E-state index is 0.0224. The summed E-state index contributed by atoms with van der Waals surface area (Å²) in [5, 5.41) is 4.23. The van der Waals surface area contributed by atoms with Crippen LogP contribution in [-0.4, -0.2) is 27.0 Å². The Morgan fingerprint density at radius 2 is 1.77 bits per heavy atom. The first-order valence-electron chi connectivity index (χ1n) is 8.73. The molecule has 0 saturated carbocycles. The number of aromatic nitrogens is 1. The molecular formula is C20H25N3O2S. The van der Waals surface area contributed by atoms with E-state index < -0.39 is 10.0 Å². The third-order valence-corrected chi connectivity index (χ3v) is 5.75. The van der Waals surface area contributed by atoms with E-state index in [9.17, 15) is 8.42 Å². The maximum absolute atomic E-state index is 12.4. The summed E-state index contributed by atoms with van der Waals surface area (Å²) in [4.78, 5) is 3.25. The zero-order chi connectivity index (χ0) is 18.6. The number of fused-ring (bicyclic) bond motifs is 1. The third-order valence-electron chi connectivity index (χ3n) is 4.45. The zero-order valence-electron chi connectivity index (χ0n) is 15.2. The van der Waals surface area contributed by atoms with E-state index in [1.54, 1.807) is 0 Å². The van der Waals surface area contributed by atoms with Crippen LogP contribution in [0.15, 0.2) is 48.7 Å². The average molecular weight is 372 g/mol. The normalized spacial score (nSPS) is 11.9. The van der Waals surface area contributed by atoms with Crippen LogP contribution in [0.25, 0.3) is 10.9 Å². The van der Waals surface area contributed by atoms with Crippen molar-refractivity contribution >= 4 is 20.9 Å². The number of benzene rings is 2. The van der Waals surface area contributed by atoms with Gasteiger partial charge in [0.15, 0.2) is 0 Å². The molecule has 6 heteroatoms. The molecule has 0 spiro atoms. The van der Waals surface area contributed by atoms with Gasteiger partial charge in [-0.3, -0.25) is 0 Å². The van der Waals surface area contributed by atoms with Crippen LogP contribution in [-0.2, 0) is 28.7 Å². The van der Waals surface area contributed by atoms with Crippen LogP contribution in [0.2, 0.25) is 0 Å². The fraction of sp³-hybridized carbons (Fsp3) is 0.300. The molecule has 0 bridgehead atoms. The van der Waals surface area contributed by atoms with E-state index >= 15 is 0 Å². The van der Waals surface area contributed by atoms with Gasteiger partial charge in [-0.25, -0.2) is 13.1 Å². The van der Waals surface area contributed by atoms with Gasteiger partial charge < -0.3 is 10.3 Å². The number of hydrogen-bond acceptors (Lipinski definition) is 3. The highest BCUT2D eigenvalue weighted by atomic mass is 32.2. The van der Waals surface area contributed by atoms with Gasteiger partial charge >= 0.3 is 0 Å². The lowest BCUT2D eigenvalue weighted by Gasteiger charge is -2.08. The summed E-state index contributed by atoms with van der Waals surface area (Å²) in [5.41, 5.74) is 5.13. The number of rotatable bonds is 8. The molecule has 3 aromatic rings. The molecule has 138 valence electrons. The highest BCUT2D eigenvalue weighted by Crippen LogP contribution is 2.21. The van der Waals surface area contributed by atoms with Gasteiger partial charge in [-0.1, -0.05) is 35.9 Å². The van der Waals surface area contributed by atoms with Crippen LogP contribution < -0.4 is 10.0 Å². The lowest BCUT2D eigenvalue weighted by Crippen LogP contribution is -2.24. The van der Waals surface area contributed by atoms with E-state index in [-0.39, 0.29) is 5.75 Å². The summed E-state index contributed by atoms with van der Waals surface area (Å²) >= 11 is 0. The van der Waals surface area contributed by atoms with Crippen LogP contribution >= 0.6 is 0 Å². The topological polar surface area (TPSA) is 74.0 Å². The molecule has 0 saturated heterocycles. The summed E-state index contributed by atoms with van der Waals surface area (Å²) in [6.07, 6.45) is 2.90. The van der Waals surface area contributed by atoms with Gasteiger partial charge in [0.1, 0.15) is 0 Å². The molecule has 0 aliphatic carbocycles. The molecule has 3 N–H and O–H groups in total. The molecule has 1 aromatic heterocycles. The minimum atomic E-state index is -3.40. The van der Waals surface area contributed by atoms with Gasteiger partial charge in [0.05, 0.1) is 5.75 Å². The number of hydrogen-bond donors (Lipinski definition) is 3. The molecule has 0 aliphatic rings. The molecule has 26 heavy (non-hydrogen) atoms. The van der Waals surface area contributed by atoms with E-state index in [0.717, 1.165) is 40.6 Å². The fourth-order valence-electron chi connectivity index (χ4n) is 2.95. The second kappa shape index (κ2) is 8.03. The Hall–Kier alpha value is -2.15. The van der Waals surface area contributed by atoms with Crippen LogP contribution in [0, 0.1) is 6.92 Å². The maximum Gasteiger partial charge on any atom is 0.216 e. The van der Waals surface area contributed by atoms with E-state index in [4.69, 9.17) is 0 Å². The van der Waals surface area contributed by atoms with E-state index in [1.807, 2.05) is 62.6 Å². The molecule has 3 rings (SSSR count).